The van der Waals surface area contributed by atoms with Gasteiger partial charge in [0.05, 0.1) is 18.2 Å². The number of amides is 4. The molecule has 67 heavy (non-hydrogen) atoms. The molecule has 9 rings (SSSR count). The van der Waals surface area contributed by atoms with E-state index in [-0.39, 0.29) is 35.4 Å². The van der Waals surface area contributed by atoms with Crippen molar-refractivity contribution in [1.82, 2.24) is 35.3 Å². The number of imide groups is 1. The quantitative estimate of drug-likeness (QED) is 0.0387. The fraction of sp³-hybridized carbons (Fsp3) is 0.220. The lowest BCUT2D eigenvalue weighted by atomic mass is 9.76. The number of hydrogen-bond acceptors (Lipinski definition) is 13. The molecular formula is C50H43N7O8S2. The van der Waals surface area contributed by atoms with E-state index in [1.54, 1.807) is 79.8 Å². The minimum atomic E-state index is -1.49. The molecule has 338 valence electrons. The maximum Gasteiger partial charge on any atom is 0.356 e. The van der Waals surface area contributed by atoms with Crippen molar-refractivity contribution in [2.24, 2.45) is 13.0 Å². The average Bonchev–Trinajstić information content (AvgIpc) is 3.91. The highest BCUT2D eigenvalue weighted by Crippen LogP contribution is 2.46. The van der Waals surface area contributed by atoms with E-state index in [2.05, 4.69) is 20.8 Å². The van der Waals surface area contributed by atoms with E-state index in [0.29, 0.717) is 27.6 Å². The van der Waals surface area contributed by atoms with Crippen LogP contribution in [0.2, 0.25) is 0 Å². The summed E-state index contributed by atoms with van der Waals surface area (Å²) in [6, 6.07) is 42.1. The van der Waals surface area contributed by atoms with Gasteiger partial charge in [0, 0.05) is 18.6 Å². The highest BCUT2D eigenvalue weighted by Gasteiger charge is 2.56. The molecule has 1 fully saturated rings. The molecule has 0 bridgehead atoms. The predicted octanol–water partition coefficient (Wildman–Crippen LogP) is 6.10. The van der Waals surface area contributed by atoms with E-state index in [1.807, 2.05) is 72.8 Å². The van der Waals surface area contributed by atoms with Gasteiger partial charge in [-0.1, -0.05) is 145 Å². The van der Waals surface area contributed by atoms with Crippen molar-refractivity contribution in [2.45, 2.75) is 41.1 Å². The number of aryl methyl sites for hydroxylation is 1. The van der Waals surface area contributed by atoms with Crippen LogP contribution in [0.5, 0.6) is 0 Å². The van der Waals surface area contributed by atoms with E-state index < -0.39 is 64.5 Å². The number of tetrazole rings is 1. The lowest BCUT2D eigenvalue weighted by Crippen LogP contribution is -2.71. The predicted molar refractivity (Wildman–Crippen MR) is 248 cm³/mol. The van der Waals surface area contributed by atoms with Crippen molar-refractivity contribution in [3.8, 4) is 0 Å². The standard InChI is InChI=1S/C50H43N7O8S2/c1-55-49(52-53-54-55)67-30-33-29-66-46-39(45(61)56(46)40(33)48(63)65-41(31-17-7-3-8-18-31)32-19-9-4-10-20-32)51-42(58)38(47(62)64-2)27-28-50(34-21-11-5-12-22-34,35-23-13-6-14-24-35)57-43(59)36-25-15-16-26-37(36)44(57)60/h3-26,38-39,41,46H,27-30H2,1-2H3,(H,51,58)/t38?,39-,46+/m1/s1. The van der Waals surface area contributed by atoms with Crippen LogP contribution in [0.15, 0.2) is 162 Å². The second-order valence-electron chi connectivity index (χ2n) is 16.0. The van der Waals surface area contributed by atoms with Crippen molar-refractivity contribution in [2.75, 3.05) is 18.6 Å². The Morgan fingerprint density at radius 3 is 1.85 bits per heavy atom. The summed E-state index contributed by atoms with van der Waals surface area (Å²) in [4.78, 5) is 88.6. The topological polar surface area (TPSA) is 183 Å². The van der Waals surface area contributed by atoms with Crippen LogP contribution in [0, 0.1) is 5.92 Å². The summed E-state index contributed by atoms with van der Waals surface area (Å²) in [6.45, 7) is 0. The largest absolute Gasteiger partial charge is 0.468 e. The van der Waals surface area contributed by atoms with Crippen LogP contribution < -0.4 is 5.32 Å². The molecule has 4 heterocycles. The van der Waals surface area contributed by atoms with Crippen molar-refractivity contribution >= 4 is 59.1 Å². The van der Waals surface area contributed by atoms with Gasteiger partial charge in [0.15, 0.2) is 6.10 Å². The second-order valence-corrected chi connectivity index (χ2v) is 18.1. The van der Waals surface area contributed by atoms with Crippen molar-refractivity contribution in [3.63, 3.8) is 0 Å². The molecule has 3 atom stereocenters. The first-order valence-electron chi connectivity index (χ1n) is 21.4. The smallest absolute Gasteiger partial charge is 0.356 e. The fourth-order valence-corrected chi connectivity index (χ4v) is 11.3. The SMILES string of the molecule is COC(=O)C(CCC(c1ccccc1)(c1ccccc1)N1C(=O)c2ccccc2C1=O)C(=O)N[C@@H]1C(=O)N2C(C(=O)OC(c3ccccc3)c3ccccc3)=C(CSc3nnnn3C)CS[C@@H]12. The van der Waals surface area contributed by atoms with Gasteiger partial charge >= 0.3 is 11.9 Å². The molecule has 6 aromatic rings. The number of esters is 2. The Morgan fingerprint density at radius 1 is 0.791 bits per heavy atom. The zero-order valence-electron chi connectivity index (χ0n) is 36.3. The highest BCUT2D eigenvalue weighted by atomic mass is 32.2. The monoisotopic (exact) mass is 933 g/mol. The molecule has 17 heteroatoms. The Kier molecular flexibility index (Phi) is 12.9. The first kappa shape index (κ1) is 44.8. The third kappa shape index (κ3) is 8.40. The summed E-state index contributed by atoms with van der Waals surface area (Å²) >= 11 is 2.65. The number of hydrogen-bond donors (Lipinski definition) is 1. The average molecular weight is 934 g/mol. The first-order valence-corrected chi connectivity index (χ1v) is 23.5. The zero-order chi connectivity index (χ0) is 46.7. The second kappa shape index (κ2) is 19.2. The van der Waals surface area contributed by atoms with Gasteiger partial charge in [-0.05, 0) is 63.2 Å². The number of nitrogens with one attached hydrogen (secondary N) is 1. The molecular weight excluding hydrogens is 891 g/mol. The van der Waals surface area contributed by atoms with Gasteiger partial charge in [-0.2, -0.15) is 0 Å². The fourth-order valence-electron chi connectivity index (χ4n) is 8.92. The number of benzene rings is 5. The number of β-lactam (4-membered cyclic amide) rings is 1. The summed E-state index contributed by atoms with van der Waals surface area (Å²) in [6.07, 6.45) is -1.08. The Bertz CT molecular complexity index is 2770. The van der Waals surface area contributed by atoms with Crippen LogP contribution in [-0.2, 0) is 41.2 Å². The van der Waals surface area contributed by atoms with Gasteiger partial charge in [-0.3, -0.25) is 33.8 Å². The Morgan fingerprint density at radius 2 is 1.33 bits per heavy atom. The Hall–Kier alpha value is -7.37. The molecule has 0 aliphatic carbocycles. The molecule has 1 N–H and O–H groups in total. The number of fused-ring (bicyclic) bond motifs is 2. The van der Waals surface area contributed by atoms with E-state index in [4.69, 9.17) is 9.47 Å². The van der Waals surface area contributed by atoms with E-state index in [0.717, 1.165) is 11.1 Å². The molecule has 5 aromatic carbocycles. The molecule has 3 aliphatic rings. The number of ether oxygens (including phenoxy) is 2. The van der Waals surface area contributed by atoms with Gasteiger partial charge in [-0.25, -0.2) is 9.48 Å². The molecule has 15 nitrogen and oxygen atoms in total. The van der Waals surface area contributed by atoms with Crippen LogP contribution in [0.4, 0.5) is 0 Å². The maximum absolute atomic E-state index is 14.6. The highest BCUT2D eigenvalue weighted by molar-refractivity contribution is 8.01. The Balaban J connectivity index is 1.01. The number of carbonyl (C=O) groups is 6. The van der Waals surface area contributed by atoms with Crippen LogP contribution in [0.3, 0.4) is 0 Å². The summed E-state index contributed by atoms with van der Waals surface area (Å²) < 4.78 is 13.0. The number of rotatable bonds is 16. The number of thioether (sulfide) groups is 2. The summed E-state index contributed by atoms with van der Waals surface area (Å²) in [5, 5.41) is 14.3. The van der Waals surface area contributed by atoms with Gasteiger partial charge in [0.25, 0.3) is 17.7 Å². The summed E-state index contributed by atoms with van der Waals surface area (Å²) in [5.74, 6) is -4.94. The molecule has 3 aliphatic heterocycles. The lowest BCUT2D eigenvalue weighted by Gasteiger charge is -2.50. The molecule has 1 aromatic heterocycles. The van der Waals surface area contributed by atoms with E-state index >= 15 is 0 Å². The first-order chi connectivity index (χ1) is 32.6. The Labute approximate surface area is 393 Å². The molecule has 0 spiro atoms. The number of nitrogens with zero attached hydrogens (tertiary/aromatic N) is 6. The third-order valence-corrected chi connectivity index (χ3v) is 14.6. The zero-order valence-corrected chi connectivity index (χ0v) is 37.9. The van der Waals surface area contributed by atoms with Crippen molar-refractivity contribution < 1.29 is 38.2 Å². The lowest BCUT2D eigenvalue weighted by molar-refractivity contribution is -0.156. The number of aromatic nitrogens is 4. The normalized spacial score (nSPS) is 17.1. The van der Waals surface area contributed by atoms with E-state index in [1.165, 1.54) is 45.1 Å². The van der Waals surface area contributed by atoms with Crippen LogP contribution in [-0.4, -0.2) is 95.6 Å². The summed E-state index contributed by atoms with van der Waals surface area (Å²) in [7, 11) is 2.86. The minimum absolute atomic E-state index is 0.0553. The number of carbonyl (C=O) groups excluding carboxylic acids is 6. The van der Waals surface area contributed by atoms with Crippen LogP contribution in [0.1, 0.15) is 61.9 Å². The molecule has 0 saturated carbocycles. The van der Waals surface area contributed by atoms with Gasteiger partial charge < -0.3 is 14.8 Å². The van der Waals surface area contributed by atoms with Crippen LogP contribution in [0.25, 0.3) is 0 Å². The van der Waals surface area contributed by atoms with Gasteiger partial charge in [0.2, 0.25) is 11.1 Å². The van der Waals surface area contributed by atoms with Crippen LogP contribution >= 0.6 is 23.5 Å². The molecule has 1 unspecified atom stereocenters. The molecule has 0 radical (unpaired) electrons. The maximum atomic E-state index is 14.6. The van der Waals surface area contributed by atoms with E-state index in [9.17, 15) is 28.8 Å². The van der Waals surface area contributed by atoms with Gasteiger partial charge in [-0.15, -0.1) is 16.9 Å². The van der Waals surface area contributed by atoms with Crippen molar-refractivity contribution in [3.05, 3.63) is 190 Å². The third-order valence-electron chi connectivity index (χ3n) is 12.2. The minimum Gasteiger partial charge on any atom is -0.468 e. The van der Waals surface area contributed by atoms with Gasteiger partial charge in [0.1, 0.15) is 28.6 Å². The molecule has 4 amide bonds. The summed E-state index contributed by atoms with van der Waals surface area (Å²) in [5.41, 5.74) is 2.28. The molecule has 1 saturated heterocycles. The van der Waals surface area contributed by atoms with Crippen molar-refractivity contribution in [1.29, 1.82) is 0 Å². The number of methoxy groups -OCH3 is 1.